The molecule has 0 amide bonds. The van der Waals surface area contributed by atoms with Crippen molar-refractivity contribution in [1.82, 2.24) is 0 Å². The number of carboxylic acid groups (broad SMARTS) is 6. The number of hydrogen-bond acceptors (Lipinski definition) is 12. The number of unbranched alkanes of at least 4 members (excludes halogenated alkanes) is 8. The molecule has 0 spiro atoms. The summed E-state index contributed by atoms with van der Waals surface area (Å²) in [5.41, 5.74) is 0.164. The van der Waals surface area contributed by atoms with Crippen molar-refractivity contribution >= 4 is 106 Å². The molecule has 0 radical (unpaired) electrons. The lowest BCUT2D eigenvalue weighted by atomic mass is 9.72. The number of carboxylic acids is 6. The molecular formula is C43H76O12S6. The monoisotopic (exact) mass is 976 g/mol. The molecule has 0 heterocycles. The Morgan fingerprint density at radius 3 is 0.557 bits per heavy atom. The minimum absolute atomic E-state index is 0.0818. The maximum absolute atomic E-state index is 11.1. The fourth-order valence-electron chi connectivity index (χ4n) is 7.99. The van der Waals surface area contributed by atoms with Gasteiger partial charge in [-0.05, 0) is 135 Å². The highest BCUT2D eigenvalue weighted by Crippen LogP contribution is 2.43. The molecule has 0 bridgehead atoms. The molecule has 0 rings (SSSR count). The summed E-state index contributed by atoms with van der Waals surface area (Å²) >= 11 is 8.66. The van der Waals surface area contributed by atoms with E-state index in [4.69, 9.17) is 30.6 Å². The standard InChI is InChI=1S/C43H76O12S6/c44-36(45)30-56-24-10-18-42(19-11-25-57-31-37(46)47,20-12-26-58-32-38(48)49)16-8-6-4-2-1-3-5-7-9-17-43(21-13-27-59-33-39(50)51,22-14-28-60-34-40(52)53)23-15-29-61-35-41(54)55/h1-35H2,(H,44,45)(H,46,47)(H,48,49)(H,50,51)(H,52,53)(H,54,55). The molecule has 0 aromatic heterocycles. The van der Waals surface area contributed by atoms with Gasteiger partial charge in [0.1, 0.15) is 0 Å². The zero-order chi connectivity index (χ0) is 45.5. The van der Waals surface area contributed by atoms with Crippen LogP contribution < -0.4 is 0 Å². The van der Waals surface area contributed by atoms with Gasteiger partial charge in [0.2, 0.25) is 0 Å². The van der Waals surface area contributed by atoms with E-state index < -0.39 is 35.8 Å². The predicted molar refractivity (Wildman–Crippen MR) is 261 cm³/mol. The van der Waals surface area contributed by atoms with Crippen LogP contribution in [0.3, 0.4) is 0 Å². The largest absolute Gasteiger partial charge is 0.481 e. The Morgan fingerprint density at radius 2 is 0.393 bits per heavy atom. The Balaban J connectivity index is 5.17. The maximum Gasteiger partial charge on any atom is 0.313 e. The molecule has 6 N–H and O–H groups in total. The Kier molecular flexibility index (Phi) is 39.7. The van der Waals surface area contributed by atoms with Crippen molar-refractivity contribution in [3.05, 3.63) is 0 Å². The summed E-state index contributed by atoms with van der Waals surface area (Å²) in [5, 5.41) is 54.5. The van der Waals surface area contributed by atoms with Gasteiger partial charge < -0.3 is 30.6 Å². The first kappa shape index (κ1) is 59.9. The van der Waals surface area contributed by atoms with Gasteiger partial charge in [-0.1, -0.05) is 57.8 Å². The van der Waals surface area contributed by atoms with E-state index in [0.29, 0.717) is 0 Å². The Labute approximate surface area is 391 Å². The quantitative estimate of drug-likeness (QED) is 0.0312. The molecule has 0 saturated carbocycles. The maximum atomic E-state index is 11.1. The second-order valence-electron chi connectivity index (χ2n) is 16.0. The molecule has 0 unspecified atom stereocenters. The van der Waals surface area contributed by atoms with Gasteiger partial charge in [-0.2, -0.15) is 70.6 Å². The van der Waals surface area contributed by atoms with E-state index in [2.05, 4.69) is 0 Å². The predicted octanol–water partition coefficient (Wildman–Crippen LogP) is 10.8. The summed E-state index contributed by atoms with van der Waals surface area (Å²) in [5.74, 6) is 0.412. The molecule has 61 heavy (non-hydrogen) atoms. The first-order chi connectivity index (χ1) is 29.2. The topological polar surface area (TPSA) is 224 Å². The van der Waals surface area contributed by atoms with E-state index in [0.717, 1.165) is 163 Å². The number of carbonyl (C=O) groups is 6. The Morgan fingerprint density at radius 1 is 0.246 bits per heavy atom. The van der Waals surface area contributed by atoms with Crippen LogP contribution in [0.1, 0.15) is 148 Å². The van der Waals surface area contributed by atoms with Gasteiger partial charge in [-0.3, -0.25) is 28.8 Å². The molecule has 0 aromatic rings. The van der Waals surface area contributed by atoms with E-state index in [1.165, 1.54) is 89.8 Å². The third-order valence-corrected chi connectivity index (χ3v) is 16.9. The highest BCUT2D eigenvalue weighted by Gasteiger charge is 2.30. The highest BCUT2D eigenvalue weighted by molar-refractivity contribution is 8.01. The molecule has 0 saturated heterocycles. The van der Waals surface area contributed by atoms with E-state index in [9.17, 15) is 28.8 Å². The Hall–Kier alpha value is -1.08. The molecule has 0 aliphatic carbocycles. The van der Waals surface area contributed by atoms with Crippen molar-refractivity contribution in [3.8, 4) is 0 Å². The average molecular weight is 977 g/mol. The summed E-state index contributed by atoms with van der Waals surface area (Å²) in [4.78, 5) is 66.3. The van der Waals surface area contributed by atoms with Gasteiger partial charge >= 0.3 is 35.8 Å². The van der Waals surface area contributed by atoms with Gasteiger partial charge in [0.25, 0.3) is 0 Å². The molecule has 12 nitrogen and oxygen atoms in total. The number of thioether (sulfide) groups is 6. The van der Waals surface area contributed by atoms with Crippen molar-refractivity contribution < 1.29 is 59.4 Å². The minimum atomic E-state index is -0.808. The van der Waals surface area contributed by atoms with Crippen LogP contribution in [0.4, 0.5) is 0 Å². The van der Waals surface area contributed by atoms with E-state index in [1.54, 1.807) is 0 Å². The molecule has 18 heteroatoms. The zero-order valence-electron chi connectivity index (χ0n) is 36.3. The molecule has 0 atom stereocenters. The third kappa shape index (κ3) is 40.2. The average Bonchev–Trinajstić information content (AvgIpc) is 3.18. The van der Waals surface area contributed by atoms with Crippen LogP contribution in [0.2, 0.25) is 0 Å². The van der Waals surface area contributed by atoms with Gasteiger partial charge in [0.05, 0.1) is 34.5 Å². The summed E-state index contributed by atoms with van der Waals surface area (Å²) in [7, 11) is 0. The fourth-order valence-corrected chi connectivity index (χ4v) is 12.0. The normalized spacial score (nSPS) is 11.8. The van der Waals surface area contributed by atoms with Crippen LogP contribution in [0.15, 0.2) is 0 Å². The van der Waals surface area contributed by atoms with Crippen molar-refractivity contribution in [3.63, 3.8) is 0 Å². The minimum Gasteiger partial charge on any atom is -0.481 e. The SMILES string of the molecule is O=C(O)CSCCCC(CCCCCCCCCCCC(CCCSCC(=O)O)(CCCSCC(=O)O)CCCSCC(=O)O)(CCCSCC(=O)O)CCCSCC(=O)O. The first-order valence-electron chi connectivity index (χ1n) is 22.0. The molecule has 0 fully saturated rings. The second-order valence-corrected chi connectivity index (χ2v) is 22.6. The van der Waals surface area contributed by atoms with Crippen LogP contribution in [0, 0.1) is 10.8 Å². The van der Waals surface area contributed by atoms with Crippen LogP contribution in [0.25, 0.3) is 0 Å². The molecule has 0 aliphatic heterocycles. The number of hydrogen-bond donors (Lipinski definition) is 6. The summed E-state index contributed by atoms with van der Waals surface area (Å²) in [6.45, 7) is 0. The summed E-state index contributed by atoms with van der Waals surface area (Å²) in [6.07, 6.45) is 24.0. The molecule has 0 aromatic carbocycles. The van der Waals surface area contributed by atoms with E-state index in [1.807, 2.05) is 0 Å². The number of aliphatic carboxylic acids is 6. The molecular weight excluding hydrogens is 901 g/mol. The van der Waals surface area contributed by atoms with E-state index in [-0.39, 0.29) is 45.3 Å². The fraction of sp³-hybridized carbons (Fsp3) is 0.860. The van der Waals surface area contributed by atoms with Gasteiger partial charge in [-0.25, -0.2) is 0 Å². The van der Waals surface area contributed by atoms with Crippen molar-refractivity contribution in [2.45, 2.75) is 148 Å². The first-order valence-corrected chi connectivity index (χ1v) is 28.9. The lowest BCUT2D eigenvalue weighted by Gasteiger charge is -2.35. The summed E-state index contributed by atoms with van der Waals surface area (Å²) in [6, 6.07) is 0. The van der Waals surface area contributed by atoms with Crippen LogP contribution >= 0.6 is 70.6 Å². The smallest absolute Gasteiger partial charge is 0.313 e. The zero-order valence-corrected chi connectivity index (χ0v) is 41.2. The van der Waals surface area contributed by atoms with Crippen LogP contribution in [-0.2, 0) is 28.8 Å². The number of rotatable bonds is 48. The van der Waals surface area contributed by atoms with Gasteiger partial charge in [-0.15, -0.1) is 0 Å². The second kappa shape index (κ2) is 40.4. The van der Waals surface area contributed by atoms with Gasteiger partial charge in [0.15, 0.2) is 0 Å². The van der Waals surface area contributed by atoms with Crippen LogP contribution in [-0.4, -0.2) is 135 Å². The van der Waals surface area contributed by atoms with Crippen molar-refractivity contribution in [2.24, 2.45) is 10.8 Å². The highest BCUT2D eigenvalue weighted by atomic mass is 32.2. The summed E-state index contributed by atoms with van der Waals surface area (Å²) < 4.78 is 0. The van der Waals surface area contributed by atoms with Crippen molar-refractivity contribution in [1.29, 1.82) is 0 Å². The van der Waals surface area contributed by atoms with Crippen LogP contribution in [0.5, 0.6) is 0 Å². The molecule has 356 valence electrons. The Bertz CT molecular complexity index is 987. The lowest BCUT2D eigenvalue weighted by molar-refractivity contribution is -0.134. The molecule has 0 aliphatic rings. The van der Waals surface area contributed by atoms with E-state index >= 15 is 0 Å². The van der Waals surface area contributed by atoms with Gasteiger partial charge in [0, 0.05) is 0 Å². The third-order valence-electron chi connectivity index (χ3n) is 10.7. The van der Waals surface area contributed by atoms with Crippen molar-refractivity contribution in [2.75, 3.05) is 69.0 Å². The lowest BCUT2D eigenvalue weighted by Crippen LogP contribution is -2.23.